The fourth-order valence-electron chi connectivity index (χ4n) is 2.82. The summed E-state index contributed by atoms with van der Waals surface area (Å²) in [6.07, 6.45) is 1.32. The van der Waals surface area contributed by atoms with Gasteiger partial charge in [-0.1, -0.05) is 12.1 Å². The number of rotatable bonds is 5. The molecule has 0 radical (unpaired) electrons. The van der Waals surface area contributed by atoms with Crippen molar-refractivity contribution in [3.8, 4) is 0 Å². The lowest BCUT2D eigenvalue weighted by atomic mass is 10.1. The van der Waals surface area contributed by atoms with E-state index in [-0.39, 0.29) is 5.56 Å². The first-order chi connectivity index (χ1) is 9.49. The Labute approximate surface area is 118 Å². The van der Waals surface area contributed by atoms with E-state index < -0.39 is 17.7 Å². The SMILES string of the molecule is CN(CC(O)c1cccc(F)c1F)CC1CCCN1C. The van der Waals surface area contributed by atoms with Crippen LogP contribution in [0, 0.1) is 11.6 Å². The van der Waals surface area contributed by atoms with Crippen molar-refractivity contribution < 1.29 is 13.9 Å². The highest BCUT2D eigenvalue weighted by Crippen LogP contribution is 2.21. The van der Waals surface area contributed by atoms with Crippen molar-refractivity contribution in [3.05, 3.63) is 35.4 Å². The summed E-state index contributed by atoms with van der Waals surface area (Å²) in [5.74, 6) is -1.87. The third kappa shape index (κ3) is 3.53. The van der Waals surface area contributed by atoms with Crippen LogP contribution >= 0.6 is 0 Å². The highest BCUT2D eigenvalue weighted by molar-refractivity contribution is 5.21. The Morgan fingerprint density at radius 3 is 2.85 bits per heavy atom. The first-order valence-corrected chi connectivity index (χ1v) is 6.99. The van der Waals surface area contributed by atoms with E-state index in [1.807, 2.05) is 11.9 Å². The molecule has 1 fully saturated rings. The second-order valence-corrected chi connectivity index (χ2v) is 5.66. The molecule has 2 atom stereocenters. The van der Waals surface area contributed by atoms with Crippen LogP contribution < -0.4 is 0 Å². The molecule has 2 rings (SSSR count). The minimum atomic E-state index is -1.01. The molecule has 0 aromatic heterocycles. The molecule has 5 heteroatoms. The number of nitrogens with zero attached hydrogens (tertiary/aromatic N) is 2. The van der Waals surface area contributed by atoms with E-state index in [0.717, 1.165) is 25.6 Å². The minimum absolute atomic E-state index is 0.0247. The van der Waals surface area contributed by atoms with Crippen molar-refractivity contribution in [3.63, 3.8) is 0 Å². The molecule has 0 bridgehead atoms. The van der Waals surface area contributed by atoms with Crippen molar-refractivity contribution in [2.45, 2.75) is 25.0 Å². The summed E-state index contributed by atoms with van der Waals surface area (Å²) in [7, 11) is 3.99. The molecule has 112 valence electrons. The van der Waals surface area contributed by atoms with Gasteiger partial charge in [0.1, 0.15) is 0 Å². The maximum atomic E-state index is 13.6. The molecule has 0 amide bonds. The van der Waals surface area contributed by atoms with Crippen molar-refractivity contribution >= 4 is 0 Å². The molecular weight excluding hydrogens is 262 g/mol. The number of benzene rings is 1. The van der Waals surface area contributed by atoms with Gasteiger partial charge in [0.05, 0.1) is 6.10 Å². The average molecular weight is 284 g/mol. The van der Waals surface area contributed by atoms with Crippen molar-refractivity contribution in [1.82, 2.24) is 9.80 Å². The molecule has 1 saturated heterocycles. The molecule has 0 aliphatic carbocycles. The van der Waals surface area contributed by atoms with E-state index in [1.165, 1.54) is 18.6 Å². The third-order valence-corrected chi connectivity index (χ3v) is 4.02. The van der Waals surface area contributed by atoms with Gasteiger partial charge >= 0.3 is 0 Å². The minimum Gasteiger partial charge on any atom is -0.387 e. The lowest BCUT2D eigenvalue weighted by Crippen LogP contribution is -2.38. The van der Waals surface area contributed by atoms with Gasteiger partial charge in [0, 0.05) is 24.7 Å². The van der Waals surface area contributed by atoms with E-state index in [4.69, 9.17) is 0 Å². The number of likely N-dealkylation sites (tertiary alicyclic amines) is 1. The number of hydrogen-bond donors (Lipinski definition) is 1. The summed E-state index contributed by atoms with van der Waals surface area (Å²) in [6, 6.07) is 4.38. The summed E-state index contributed by atoms with van der Waals surface area (Å²) in [5.41, 5.74) is 0.0247. The standard InChI is InChI=1S/C15H22F2N2O/c1-18(9-11-5-4-8-19(11)2)10-14(20)12-6-3-7-13(16)15(12)17/h3,6-7,11,14,20H,4-5,8-10H2,1-2H3. The van der Waals surface area contributed by atoms with Crippen LogP contribution in [-0.2, 0) is 0 Å². The van der Waals surface area contributed by atoms with Gasteiger partial charge in [0.2, 0.25) is 0 Å². The summed E-state index contributed by atoms with van der Waals surface area (Å²) >= 11 is 0. The van der Waals surface area contributed by atoms with Crippen LogP contribution in [0.2, 0.25) is 0 Å². The van der Waals surface area contributed by atoms with Gasteiger partial charge in [-0.05, 0) is 39.5 Å². The van der Waals surface area contributed by atoms with Crippen LogP contribution in [-0.4, -0.2) is 54.7 Å². The van der Waals surface area contributed by atoms with Crippen molar-refractivity contribution in [2.24, 2.45) is 0 Å². The molecule has 2 unspecified atom stereocenters. The highest BCUT2D eigenvalue weighted by atomic mass is 19.2. The normalized spacial score (nSPS) is 21.6. The van der Waals surface area contributed by atoms with Gasteiger partial charge in [-0.2, -0.15) is 0 Å². The maximum Gasteiger partial charge on any atom is 0.164 e. The first kappa shape index (κ1) is 15.4. The molecule has 0 spiro atoms. The predicted octanol–water partition coefficient (Wildman–Crippen LogP) is 2.02. The Balaban J connectivity index is 1.93. The molecule has 1 aliphatic heterocycles. The Kier molecular flexibility index (Phi) is 5.07. The van der Waals surface area contributed by atoms with Gasteiger partial charge in [0.15, 0.2) is 11.6 Å². The van der Waals surface area contributed by atoms with Crippen LogP contribution in [0.5, 0.6) is 0 Å². The fourth-order valence-corrected chi connectivity index (χ4v) is 2.82. The predicted molar refractivity (Wildman–Crippen MR) is 74.5 cm³/mol. The molecule has 1 aromatic rings. The number of halogens is 2. The zero-order valence-corrected chi connectivity index (χ0v) is 12.0. The summed E-state index contributed by atoms with van der Waals surface area (Å²) < 4.78 is 26.8. The molecular formula is C15H22F2N2O. The van der Waals surface area contributed by atoms with Crippen LogP contribution in [0.3, 0.4) is 0 Å². The van der Waals surface area contributed by atoms with Gasteiger partial charge < -0.3 is 14.9 Å². The summed E-state index contributed by atoms with van der Waals surface area (Å²) in [4.78, 5) is 4.27. The van der Waals surface area contributed by atoms with Crippen LogP contribution in [0.1, 0.15) is 24.5 Å². The molecule has 1 N–H and O–H groups in total. The second kappa shape index (κ2) is 6.61. The quantitative estimate of drug-likeness (QED) is 0.896. The monoisotopic (exact) mass is 284 g/mol. The number of aliphatic hydroxyl groups is 1. The van der Waals surface area contributed by atoms with Gasteiger partial charge in [-0.25, -0.2) is 8.78 Å². The Morgan fingerprint density at radius 1 is 1.45 bits per heavy atom. The maximum absolute atomic E-state index is 13.6. The number of aliphatic hydroxyl groups excluding tert-OH is 1. The smallest absolute Gasteiger partial charge is 0.164 e. The van der Waals surface area contributed by atoms with E-state index in [9.17, 15) is 13.9 Å². The largest absolute Gasteiger partial charge is 0.387 e. The van der Waals surface area contributed by atoms with E-state index in [0.29, 0.717) is 12.6 Å². The number of hydrogen-bond acceptors (Lipinski definition) is 3. The van der Waals surface area contributed by atoms with E-state index in [2.05, 4.69) is 11.9 Å². The van der Waals surface area contributed by atoms with Crippen LogP contribution in [0.25, 0.3) is 0 Å². The summed E-state index contributed by atoms with van der Waals surface area (Å²) in [5, 5.41) is 10.1. The highest BCUT2D eigenvalue weighted by Gasteiger charge is 2.24. The summed E-state index contributed by atoms with van der Waals surface area (Å²) in [6.45, 7) is 2.22. The van der Waals surface area contributed by atoms with Gasteiger partial charge in [-0.3, -0.25) is 0 Å². The molecule has 1 aliphatic rings. The molecule has 1 heterocycles. The van der Waals surface area contributed by atoms with Crippen LogP contribution in [0.4, 0.5) is 8.78 Å². The molecule has 3 nitrogen and oxygen atoms in total. The van der Waals surface area contributed by atoms with E-state index in [1.54, 1.807) is 0 Å². The first-order valence-electron chi connectivity index (χ1n) is 6.99. The average Bonchev–Trinajstić information content (AvgIpc) is 2.78. The topological polar surface area (TPSA) is 26.7 Å². The lowest BCUT2D eigenvalue weighted by molar-refractivity contribution is 0.109. The lowest BCUT2D eigenvalue weighted by Gasteiger charge is -2.27. The molecule has 1 aromatic carbocycles. The number of likely N-dealkylation sites (N-methyl/N-ethyl adjacent to an activating group) is 2. The zero-order chi connectivity index (χ0) is 14.7. The Hall–Kier alpha value is -1.04. The van der Waals surface area contributed by atoms with Gasteiger partial charge in [0.25, 0.3) is 0 Å². The molecule has 20 heavy (non-hydrogen) atoms. The second-order valence-electron chi connectivity index (χ2n) is 5.66. The van der Waals surface area contributed by atoms with Crippen LogP contribution in [0.15, 0.2) is 18.2 Å². The Bertz CT molecular complexity index is 455. The Morgan fingerprint density at radius 2 is 2.20 bits per heavy atom. The third-order valence-electron chi connectivity index (χ3n) is 4.02. The van der Waals surface area contributed by atoms with Crippen molar-refractivity contribution in [2.75, 3.05) is 33.7 Å². The fraction of sp³-hybridized carbons (Fsp3) is 0.600. The van der Waals surface area contributed by atoms with Gasteiger partial charge in [-0.15, -0.1) is 0 Å². The molecule has 0 saturated carbocycles. The zero-order valence-electron chi connectivity index (χ0n) is 12.0. The van der Waals surface area contributed by atoms with E-state index >= 15 is 0 Å². The van der Waals surface area contributed by atoms with Crippen molar-refractivity contribution in [1.29, 1.82) is 0 Å².